The highest BCUT2D eigenvalue weighted by atomic mass is 35.5. The molecule has 0 bridgehead atoms. The van der Waals surface area contributed by atoms with Crippen LogP contribution in [0.25, 0.3) is 0 Å². The summed E-state index contributed by atoms with van der Waals surface area (Å²) in [4.78, 5) is 11.7. The van der Waals surface area contributed by atoms with E-state index in [1.165, 1.54) is 13.8 Å². The van der Waals surface area contributed by atoms with Gasteiger partial charge in [-0.05, 0) is 5.41 Å². The molecular weight excluding hydrogens is 383 g/mol. The summed E-state index contributed by atoms with van der Waals surface area (Å²) in [6.45, 7) is 3.02. The van der Waals surface area contributed by atoms with Crippen molar-refractivity contribution in [3.05, 3.63) is 34.8 Å². The fourth-order valence-electron chi connectivity index (χ4n) is 3.13. The minimum Gasteiger partial charge on any atom is -0.481 e. The molecular formula is C17H14ClF5O3. The first kappa shape index (κ1) is 20.3. The summed E-state index contributed by atoms with van der Waals surface area (Å²) < 4.78 is 67.4. The fourth-order valence-corrected chi connectivity index (χ4v) is 3.25. The zero-order chi connectivity index (χ0) is 19.9. The molecule has 142 valence electrons. The SMILES string of the molecule is CC1(C)[C@@H](/C=C(\Cl)C(F)(F)F)[C@@]1(CC#Cc1coc(C(F)F)c1)C(=O)O. The molecule has 1 aromatic heterocycles. The van der Waals surface area contributed by atoms with Crippen molar-refractivity contribution < 1.29 is 36.3 Å². The maximum absolute atomic E-state index is 12.6. The van der Waals surface area contributed by atoms with Gasteiger partial charge in [0, 0.05) is 18.4 Å². The smallest absolute Gasteiger partial charge is 0.426 e. The molecule has 0 saturated heterocycles. The summed E-state index contributed by atoms with van der Waals surface area (Å²) >= 11 is 5.24. The van der Waals surface area contributed by atoms with Gasteiger partial charge in [0.15, 0.2) is 5.76 Å². The van der Waals surface area contributed by atoms with Crippen LogP contribution in [0.2, 0.25) is 0 Å². The Bertz CT molecular complexity index is 797. The van der Waals surface area contributed by atoms with Gasteiger partial charge >= 0.3 is 12.1 Å². The van der Waals surface area contributed by atoms with E-state index >= 15 is 0 Å². The Kier molecular flexibility index (Phi) is 5.17. The third-order valence-corrected chi connectivity index (χ3v) is 5.12. The first-order chi connectivity index (χ1) is 11.8. The van der Waals surface area contributed by atoms with Crippen molar-refractivity contribution in [3.63, 3.8) is 0 Å². The Morgan fingerprint density at radius 2 is 2.08 bits per heavy atom. The van der Waals surface area contributed by atoms with Gasteiger partial charge in [0.2, 0.25) is 0 Å². The Morgan fingerprint density at radius 1 is 1.46 bits per heavy atom. The third-order valence-electron chi connectivity index (χ3n) is 4.78. The molecule has 1 aliphatic carbocycles. The molecule has 1 fully saturated rings. The lowest BCUT2D eigenvalue weighted by Gasteiger charge is -2.11. The summed E-state index contributed by atoms with van der Waals surface area (Å²) in [5.41, 5.74) is -2.44. The first-order valence-corrected chi connectivity index (χ1v) is 7.75. The molecule has 2 rings (SSSR count). The van der Waals surface area contributed by atoms with Gasteiger partial charge in [0.05, 0.1) is 11.0 Å². The molecule has 0 spiro atoms. The number of furan rings is 1. The first-order valence-electron chi connectivity index (χ1n) is 7.37. The van der Waals surface area contributed by atoms with Crippen molar-refractivity contribution in [2.75, 3.05) is 0 Å². The summed E-state index contributed by atoms with van der Waals surface area (Å²) in [7, 11) is 0. The summed E-state index contributed by atoms with van der Waals surface area (Å²) in [5.74, 6) is 2.19. The van der Waals surface area contributed by atoms with Gasteiger partial charge in [-0.1, -0.05) is 43.4 Å². The van der Waals surface area contributed by atoms with Crippen LogP contribution in [0.15, 0.2) is 27.9 Å². The van der Waals surface area contributed by atoms with Gasteiger partial charge in [-0.15, -0.1) is 0 Å². The second kappa shape index (κ2) is 6.62. The lowest BCUT2D eigenvalue weighted by atomic mass is 9.92. The normalized spacial score (nSPS) is 25.0. The topological polar surface area (TPSA) is 50.4 Å². The number of hydrogen-bond donors (Lipinski definition) is 1. The van der Waals surface area contributed by atoms with Gasteiger partial charge in [0.1, 0.15) is 11.3 Å². The second-order valence-corrected chi connectivity index (χ2v) is 6.91. The third kappa shape index (κ3) is 3.45. The molecule has 26 heavy (non-hydrogen) atoms. The number of hydrogen-bond acceptors (Lipinski definition) is 2. The molecule has 0 aromatic carbocycles. The summed E-state index contributed by atoms with van der Waals surface area (Å²) in [5, 5.41) is 8.17. The standard InChI is InChI=1S/C17H14ClF5O3/c1-15(2)11(7-12(18)17(21,22)23)16(15,14(24)25)5-3-4-9-6-10(13(19)20)26-8-9/h6-8,11,13H,5H2,1-2H3,(H,24,25)/b12-7-/t11-,16+/m1/s1. The molecule has 1 N–H and O–H groups in total. The van der Waals surface area contributed by atoms with E-state index in [4.69, 9.17) is 11.6 Å². The lowest BCUT2D eigenvalue weighted by Crippen LogP contribution is -2.21. The van der Waals surface area contributed by atoms with Crippen molar-refractivity contribution in [1.82, 2.24) is 0 Å². The number of allylic oxidation sites excluding steroid dienone is 2. The maximum atomic E-state index is 12.6. The second-order valence-electron chi connectivity index (χ2n) is 6.51. The number of carbonyl (C=O) groups is 1. The van der Waals surface area contributed by atoms with Crippen LogP contribution in [0, 0.1) is 28.6 Å². The monoisotopic (exact) mass is 396 g/mol. The molecule has 1 aromatic rings. The number of alkyl halides is 5. The molecule has 1 heterocycles. The van der Waals surface area contributed by atoms with Gasteiger partial charge < -0.3 is 9.52 Å². The van der Waals surface area contributed by atoms with Crippen LogP contribution in [0.5, 0.6) is 0 Å². The van der Waals surface area contributed by atoms with Crippen LogP contribution < -0.4 is 0 Å². The molecule has 3 nitrogen and oxygen atoms in total. The van der Waals surface area contributed by atoms with E-state index in [9.17, 15) is 31.9 Å². The molecule has 9 heteroatoms. The number of carboxylic acid groups (broad SMARTS) is 1. The van der Waals surface area contributed by atoms with E-state index in [0.29, 0.717) is 6.08 Å². The van der Waals surface area contributed by atoms with Crippen molar-refractivity contribution in [1.29, 1.82) is 0 Å². The Morgan fingerprint density at radius 3 is 2.54 bits per heavy atom. The largest absolute Gasteiger partial charge is 0.481 e. The minimum absolute atomic E-state index is 0.125. The molecule has 0 unspecified atom stereocenters. The van der Waals surface area contributed by atoms with E-state index in [2.05, 4.69) is 16.3 Å². The van der Waals surface area contributed by atoms with Crippen LogP contribution in [-0.4, -0.2) is 17.3 Å². The van der Waals surface area contributed by atoms with Crippen LogP contribution in [0.1, 0.15) is 38.0 Å². The van der Waals surface area contributed by atoms with E-state index in [1.807, 2.05) is 0 Å². The zero-order valence-corrected chi connectivity index (χ0v) is 14.4. The molecule has 0 radical (unpaired) electrons. The Hall–Kier alpha value is -2.01. The van der Waals surface area contributed by atoms with Crippen molar-refractivity contribution in [2.45, 2.75) is 32.9 Å². The highest BCUT2D eigenvalue weighted by Gasteiger charge is 2.74. The summed E-state index contributed by atoms with van der Waals surface area (Å²) in [6, 6.07) is 1.01. The number of halogens is 6. The number of rotatable bonds is 4. The lowest BCUT2D eigenvalue weighted by molar-refractivity contribution is -0.144. The van der Waals surface area contributed by atoms with Crippen molar-refractivity contribution in [2.24, 2.45) is 16.7 Å². The van der Waals surface area contributed by atoms with Gasteiger partial charge in [-0.25, -0.2) is 8.78 Å². The highest BCUT2D eigenvalue weighted by molar-refractivity contribution is 6.30. The van der Waals surface area contributed by atoms with Crippen molar-refractivity contribution >= 4 is 17.6 Å². The number of aliphatic carboxylic acids is 1. The maximum Gasteiger partial charge on any atom is 0.426 e. The van der Waals surface area contributed by atoms with E-state index in [-0.39, 0.29) is 12.0 Å². The van der Waals surface area contributed by atoms with Crippen LogP contribution in [0.4, 0.5) is 22.0 Å². The highest BCUT2D eigenvalue weighted by Crippen LogP contribution is 2.72. The number of carboxylic acids is 1. The Balaban J connectivity index is 2.26. The molecule has 1 saturated carbocycles. The van der Waals surface area contributed by atoms with Crippen LogP contribution in [0.3, 0.4) is 0 Å². The van der Waals surface area contributed by atoms with E-state index < -0.39 is 46.1 Å². The zero-order valence-electron chi connectivity index (χ0n) is 13.6. The van der Waals surface area contributed by atoms with Crippen molar-refractivity contribution in [3.8, 4) is 11.8 Å². The molecule has 1 aliphatic rings. The molecule has 0 aliphatic heterocycles. The van der Waals surface area contributed by atoms with Crippen LogP contribution in [-0.2, 0) is 4.79 Å². The quantitative estimate of drug-likeness (QED) is 0.550. The van der Waals surface area contributed by atoms with Crippen LogP contribution >= 0.6 is 11.6 Å². The minimum atomic E-state index is -4.77. The molecule has 2 atom stereocenters. The fraction of sp³-hybridized carbons (Fsp3) is 0.471. The molecule has 0 amide bonds. The summed E-state index contributed by atoms with van der Waals surface area (Å²) in [6.07, 6.45) is -6.15. The van der Waals surface area contributed by atoms with E-state index in [0.717, 1.165) is 12.3 Å². The Labute approximate surface area is 150 Å². The predicted octanol–water partition coefficient (Wildman–Crippen LogP) is 5.37. The van der Waals surface area contributed by atoms with Gasteiger partial charge in [-0.2, -0.15) is 13.2 Å². The van der Waals surface area contributed by atoms with E-state index in [1.54, 1.807) is 0 Å². The average Bonchev–Trinajstić information content (AvgIpc) is 2.85. The average molecular weight is 397 g/mol. The van der Waals surface area contributed by atoms with Gasteiger partial charge in [0.25, 0.3) is 6.43 Å². The van der Waals surface area contributed by atoms with Gasteiger partial charge in [-0.3, -0.25) is 4.79 Å². The predicted molar refractivity (Wildman–Crippen MR) is 82.5 cm³/mol.